The van der Waals surface area contributed by atoms with Crippen LogP contribution >= 0.6 is 11.8 Å². The molecule has 0 aromatic carbocycles. The van der Waals surface area contributed by atoms with Crippen molar-refractivity contribution in [1.29, 1.82) is 0 Å². The molecule has 1 aromatic heterocycles. The predicted octanol–water partition coefficient (Wildman–Crippen LogP) is 1.76. The van der Waals surface area contributed by atoms with Gasteiger partial charge in [-0.15, -0.1) is 11.8 Å². The van der Waals surface area contributed by atoms with E-state index in [-0.39, 0.29) is 5.97 Å². The monoisotopic (exact) mass is 226 g/mol. The van der Waals surface area contributed by atoms with Crippen molar-refractivity contribution in [2.45, 2.75) is 30.0 Å². The van der Waals surface area contributed by atoms with Crippen molar-refractivity contribution < 1.29 is 9.63 Å². The molecule has 4 nitrogen and oxygen atoms in total. The Bertz CT molecular complexity index is 306. The fourth-order valence-electron chi connectivity index (χ4n) is 1.06. The first-order chi connectivity index (χ1) is 7.22. The van der Waals surface area contributed by atoms with Crippen molar-refractivity contribution >= 4 is 17.7 Å². The van der Waals surface area contributed by atoms with Gasteiger partial charge in [0.2, 0.25) is 0 Å². The van der Waals surface area contributed by atoms with Crippen LogP contribution in [-0.4, -0.2) is 16.2 Å². The number of rotatable bonds is 5. The van der Waals surface area contributed by atoms with Gasteiger partial charge in [-0.25, -0.2) is 4.98 Å². The third kappa shape index (κ3) is 4.80. The minimum absolute atomic E-state index is 0.319. The van der Waals surface area contributed by atoms with Crippen LogP contribution in [0.15, 0.2) is 29.4 Å². The van der Waals surface area contributed by atoms with Crippen LogP contribution in [0.25, 0.3) is 0 Å². The van der Waals surface area contributed by atoms with E-state index in [1.54, 1.807) is 18.0 Å². The van der Waals surface area contributed by atoms with Crippen LogP contribution in [-0.2, 0) is 9.63 Å². The molecule has 1 atom stereocenters. The summed E-state index contributed by atoms with van der Waals surface area (Å²) < 4.78 is 0. The Morgan fingerprint density at radius 1 is 1.67 bits per heavy atom. The first-order valence-corrected chi connectivity index (χ1v) is 5.57. The lowest BCUT2D eigenvalue weighted by molar-refractivity contribution is -0.144. The van der Waals surface area contributed by atoms with Gasteiger partial charge in [-0.05, 0) is 18.6 Å². The van der Waals surface area contributed by atoms with Gasteiger partial charge in [0.15, 0.2) is 0 Å². The van der Waals surface area contributed by atoms with Gasteiger partial charge in [-0.3, -0.25) is 4.79 Å². The van der Waals surface area contributed by atoms with Crippen LogP contribution in [0.3, 0.4) is 0 Å². The maximum absolute atomic E-state index is 10.8. The third-order valence-corrected chi connectivity index (χ3v) is 2.97. The van der Waals surface area contributed by atoms with E-state index in [0.29, 0.717) is 11.7 Å². The van der Waals surface area contributed by atoms with E-state index in [0.717, 1.165) is 11.4 Å². The van der Waals surface area contributed by atoms with Crippen LogP contribution in [0.2, 0.25) is 0 Å². The van der Waals surface area contributed by atoms with Gasteiger partial charge in [0.25, 0.3) is 0 Å². The topological polar surface area (TPSA) is 65.2 Å². The van der Waals surface area contributed by atoms with Gasteiger partial charge in [0.1, 0.15) is 0 Å². The number of hydrogen-bond acceptors (Lipinski definition) is 5. The molecule has 0 fully saturated rings. The molecule has 0 aliphatic heterocycles. The molecule has 0 saturated carbocycles. The molecular formula is C10H14N2O2S. The zero-order valence-corrected chi connectivity index (χ0v) is 9.37. The molecule has 0 amide bonds. The Balaban J connectivity index is 2.30. The van der Waals surface area contributed by atoms with Gasteiger partial charge in [-0.2, -0.15) is 5.90 Å². The van der Waals surface area contributed by atoms with Crippen LogP contribution in [0.5, 0.6) is 0 Å². The summed E-state index contributed by atoms with van der Waals surface area (Å²) in [6.07, 6.45) is 2.83. The highest BCUT2D eigenvalue weighted by Crippen LogP contribution is 2.23. The van der Waals surface area contributed by atoms with Crippen LogP contribution in [0.1, 0.15) is 19.8 Å². The normalized spacial score (nSPS) is 12.1. The standard InChI is InChI=1S/C10H14N2O2S/c1-8(5-6-10(13)14-11)15-9-4-2-3-7-12-9/h2-4,7-8H,5-6,11H2,1H3. The maximum atomic E-state index is 10.8. The van der Waals surface area contributed by atoms with Crippen LogP contribution in [0.4, 0.5) is 0 Å². The summed E-state index contributed by atoms with van der Waals surface area (Å²) in [4.78, 5) is 19.1. The first-order valence-electron chi connectivity index (χ1n) is 4.69. The van der Waals surface area contributed by atoms with Crippen molar-refractivity contribution in [1.82, 2.24) is 4.98 Å². The molecule has 1 rings (SSSR count). The molecule has 0 radical (unpaired) electrons. The second-order valence-corrected chi connectivity index (χ2v) is 4.58. The zero-order valence-electron chi connectivity index (χ0n) is 8.55. The summed E-state index contributed by atoms with van der Waals surface area (Å²) in [5, 5.41) is 1.28. The molecule has 15 heavy (non-hydrogen) atoms. The van der Waals surface area contributed by atoms with E-state index in [1.807, 2.05) is 25.1 Å². The second-order valence-electron chi connectivity index (χ2n) is 3.12. The molecule has 82 valence electrons. The average Bonchev–Trinajstić information content (AvgIpc) is 2.27. The molecule has 1 unspecified atom stereocenters. The summed E-state index contributed by atoms with van der Waals surface area (Å²) in [5.74, 6) is 4.37. The summed E-state index contributed by atoms with van der Waals surface area (Å²) >= 11 is 1.64. The van der Waals surface area contributed by atoms with Gasteiger partial charge < -0.3 is 4.84 Å². The van der Waals surface area contributed by atoms with Crippen molar-refractivity contribution in [3.63, 3.8) is 0 Å². The predicted molar refractivity (Wildman–Crippen MR) is 59.1 cm³/mol. The highest BCUT2D eigenvalue weighted by atomic mass is 32.2. The Kier molecular flexibility index (Phi) is 5.14. The minimum atomic E-state index is -0.372. The van der Waals surface area contributed by atoms with Crippen molar-refractivity contribution in [2.24, 2.45) is 5.90 Å². The number of aromatic nitrogens is 1. The van der Waals surface area contributed by atoms with Crippen molar-refractivity contribution in [3.05, 3.63) is 24.4 Å². The minimum Gasteiger partial charge on any atom is -0.373 e. The summed E-state index contributed by atoms with van der Waals surface area (Å²) in [6.45, 7) is 2.04. The smallest absolute Gasteiger partial charge is 0.324 e. The van der Waals surface area contributed by atoms with Gasteiger partial charge in [-0.1, -0.05) is 13.0 Å². The Hall–Kier alpha value is -1.07. The number of pyridine rings is 1. The van der Waals surface area contributed by atoms with E-state index >= 15 is 0 Å². The third-order valence-electron chi connectivity index (χ3n) is 1.85. The van der Waals surface area contributed by atoms with E-state index in [1.165, 1.54) is 0 Å². The number of hydrogen-bond donors (Lipinski definition) is 1. The average molecular weight is 226 g/mol. The lowest BCUT2D eigenvalue weighted by atomic mass is 10.2. The number of carbonyl (C=O) groups is 1. The number of thioether (sulfide) groups is 1. The Labute approximate surface area is 93.2 Å². The molecule has 0 aliphatic rings. The number of nitrogens with zero attached hydrogens (tertiary/aromatic N) is 1. The SMILES string of the molecule is CC(CCC(=O)ON)Sc1ccccn1. The molecule has 5 heteroatoms. The molecular weight excluding hydrogens is 212 g/mol. The molecule has 0 saturated heterocycles. The van der Waals surface area contributed by atoms with Crippen LogP contribution < -0.4 is 5.90 Å². The van der Waals surface area contributed by atoms with Crippen molar-refractivity contribution in [2.75, 3.05) is 0 Å². The van der Waals surface area contributed by atoms with E-state index in [4.69, 9.17) is 5.90 Å². The lowest BCUT2D eigenvalue weighted by Crippen LogP contribution is -2.11. The zero-order chi connectivity index (χ0) is 11.1. The summed E-state index contributed by atoms with van der Waals surface area (Å²) in [5.41, 5.74) is 0. The second kappa shape index (κ2) is 6.42. The van der Waals surface area contributed by atoms with Gasteiger partial charge >= 0.3 is 5.97 Å². The van der Waals surface area contributed by atoms with E-state index in [9.17, 15) is 4.79 Å². The van der Waals surface area contributed by atoms with Crippen molar-refractivity contribution in [3.8, 4) is 0 Å². The molecule has 2 N–H and O–H groups in total. The molecule has 0 aliphatic carbocycles. The molecule has 1 aromatic rings. The Morgan fingerprint density at radius 3 is 3.07 bits per heavy atom. The fraction of sp³-hybridized carbons (Fsp3) is 0.400. The summed E-state index contributed by atoms with van der Waals surface area (Å²) in [6, 6.07) is 5.76. The maximum Gasteiger partial charge on any atom is 0.324 e. The Morgan fingerprint density at radius 2 is 2.47 bits per heavy atom. The summed E-state index contributed by atoms with van der Waals surface area (Å²) in [7, 11) is 0. The fourth-order valence-corrected chi connectivity index (χ4v) is 1.99. The lowest BCUT2D eigenvalue weighted by Gasteiger charge is -2.08. The molecule has 1 heterocycles. The molecule has 0 bridgehead atoms. The highest BCUT2D eigenvalue weighted by Gasteiger charge is 2.08. The van der Waals surface area contributed by atoms with Gasteiger partial charge in [0, 0.05) is 17.9 Å². The molecule has 0 spiro atoms. The van der Waals surface area contributed by atoms with Crippen LogP contribution in [0, 0.1) is 0 Å². The quantitative estimate of drug-likeness (QED) is 0.612. The number of carbonyl (C=O) groups excluding carboxylic acids is 1. The first kappa shape index (κ1) is 12.0. The van der Waals surface area contributed by atoms with E-state index in [2.05, 4.69) is 9.82 Å². The largest absolute Gasteiger partial charge is 0.373 e. The van der Waals surface area contributed by atoms with E-state index < -0.39 is 0 Å². The van der Waals surface area contributed by atoms with Gasteiger partial charge in [0.05, 0.1) is 5.03 Å². The number of nitrogens with two attached hydrogens (primary N) is 1. The highest BCUT2D eigenvalue weighted by molar-refractivity contribution is 7.99.